The number of nitrogens with zero attached hydrogens (tertiary/aromatic N) is 4. The second-order valence-corrected chi connectivity index (χ2v) is 13.2. The SMILES string of the molecule is Cc1ccc(C(=O)[C@]23Cc4cnn(-c5ccc(F)cc5)c4C=C2CC[C@H](N(C)S(=O)(=O)c2ccc(Cl)cc2)C3)nc1. The van der Waals surface area contributed by atoms with E-state index in [1.165, 1.54) is 28.6 Å². The van der Waals surface area contributed by atoms with Crippen LogP contribution in [0.1, 0.15) is 46.6 Å². The van der Waals surface area contributed by atoms with E-state index in [0.29, 0.717) is 42.1 Å². The number of ketones is 1. The van der Waals surface area contributed by atoms with Gasteiger partial charge in [0, 0.05) is 24.3 Å². The molecule has 0 spiro atoms. The molecule has 0 radical (unpaired) electrons. The normalized spacial score (nSPS) is 20.3. The van der Waals surface area contributed by atoms with E-state index in [9.17, 15) is 17.6 Å². The Morgan fingerprint density at radius 1 is 1.07 bits per heavy atom. The number of allylic oxidation sites excluding steroid dienone is 1. The predicted molar refractivity (Wildman–Crippen MR) is 155 cm³/mol. The number of fused-ring (bicyclic) bond motifs is 2. The third kappa shape index (κ3) is 4.81. The van der Waals surface area contributed by atoms with Gasteiger partial charge in [0.1, 0.15) is 11.5 Å². The van der Waals surface area contributed by atoms with Gasteiger partial charge in [0.15, 0.2) is 5.78 Å². The van der Waals surface area contributed by atoms with Crippen molar-refractivity contribution in [2.24, 2.45) is 5.41 Å². The van der Waals surface area contributed by atoms with Gasteiger partial charge in [-0.2, -0.15) is 9.40 Å². The fourth-order valence-corrected chi connectivity index (χ4v) is 7.51. The van der Waals surface area contributed by atoms with Crippen LogP contribution >= 0.6 is 11.6 Å². The molecule has 0 aliphatic heterocycles. The standard InChI is InChI=1S/C31H28ClFN4O3S/c1-20-3-14-28(34-18-20)30(38)31-16-21-19-35-37(25-10-7-24(33)8-11-25)29(21)15-22(31)4-9-26(17-31)36(2)41(39,40)27-12-5-23(32)6-13-27/h3,5-8,10-15,18-19,26H,4,9,16-17H2,1-2H3/t26-,31-/m0/s1. The molecule has 2 aromatic carbocycles. The lowest BCUT2D eigenvalue weighted by molar-refractivity contribution is 0.0747. The topological polar surface area (TPSA) is 85.2 Å². The second-order valence-electron chi connectivity index (χ2n) is 10.8. The summed E-state index contributed by atoms with van der Waals surface area (Å²) < 4.78 is 43.9. The average Bonchev–Trinajstić information content (AvgIpc) is 3.38. The summed E-state index contributed by atoms with van der Waals surface area (Å²) in [6, 6.07) is 15.4. The second kappa shape index (κ2) is 10.3. The molecule has 4 aromatic rings. The highest BCUT2D eigenvalue weighted by Crippen LogP contribution is 2.51. The molecule has 41 heavy (non-hydrogen) atoms. The van der Waals surface area contributed by atoms with Crippen LogP contribution in [0.15, 0.2) is 83.5 Å². The van der Waals surface area contributed by atoms with E-state index in [1.54, 1.807) is 54.5 Å². The molecule has 0 unspecified atom stereocenters. The molecule has 1 saturated carbocycles. The van der Waals surface area contributed by atoms with E-state index < -0.39 is 21.5 Å². The molecule has 10 heteroatoms. The van der Waals surface area contributed by atoms with Crippen molar-refractivity contribution in [1.82, 2.24) is 19.1 Å². The highest BCUT2D eigenvalue weighted by atomic mass is 35.5. The van der Waals surface area contributed by atoms with Gasteiger partial charge in [0.25, 0.3) is 0 Å². The highest BCUT2D eigenvalue weighted by molar-refractivity contribution is 7.89. The van der Waals surface area contributed by atoms with E-state index in [0.717, 1.165) is 22.4 Å². The molecule has 2 aliphatic rings. The van der Waals surface area contributed by atoms with Crippen LogP contribution in [0.2, 0.25) is 5.02 Å². The number of carbonyl (C=O) groups excluding carboxylic acids is 1. The van der Waals surface area contributed by atoms with Crippen LogP contribution in [-0.4, -0.2) is 46.4 Å². The number of halogens is 2. The molecule has 2 heterocycles. The monoisotopic (exact) mass is 590 g/mol. The Hall–Kier alpha value is -3.66. The molecule has 2 aromatic heterocycles. The van der Waals surface area contributed by atoms with Gasteiger partial charge < -0.3 is 0 Å². The molecule has 210 valence electrons. The van der Waals surface area contributed by atoms with Crippen molar-refractivity contribution in [3.05, 3.63) is 112 Å². The van der Waals surface area contributed by atoms with Gasteiger partial charge in [-0.3, -0.25) is 9.78 Å². The molecule has 0 bridgehead atoms. The van der Waals surface area contributed by atoms with Crippen LogP contribution in [0.4, 0.5) is 4.39 Å². The van der Waals surface area contributed by atoms with Gasteiger partial charge in [-0.25, -0.2) is 17.5 Å². The maximum atomic E-state index is 14.4. The molecule has 0 N–H and O–H groups in total. The first kappa shape index (κ1) is 27.5. The zero-order valence-corrected chi connectivity index (χ0v) is 24.2. The maximum Gasteiger partial charge on any atom is 0.243 e. The van der Waals surface area contributed by atoms with Gasteiger partial charge in [0.05, 0.1) is 27.9 Å². The van der Waals surface area contributed by atoms with Crippen molar-refractivity contribution in [1.29, 1.82) is 0 Å². The lowest BCUT2D eigenvalue weighted by Crippen LogP contribution is -2.49. The van der Waals surface area contributed by atoms with Crippen LogP contribution in [0.25, 0.3) is 11.8 Å². The summed E-state index contributed by atoms with van der Waals surface area (Å²) in [6.07, 6.45) is 7.15. The maximum absolute atomic E-state index is 14.4. The summed E-state index contributed by atoms with van der Waals surface area (Å²) in [4.78, 5) is 19.0. The number of hydrogen-bond donors (Lipinski definition) is 0. The number of benzene rings is 2. The minimum atomic E-state index is -3.83. The Balaban J connectivity index is 1.41. The molecule has 0 saturated heterocycles. The fraction of sp³-hybridized carbons (Fsp3) is 0.258. The summed E-state index contributed by atoms with van der Waals surface area (Å²) in [5, 5.41) is 5.03. The number of aromatic nitrogens is 3. The van der Waals surface area contributed by atoms with Gasteiger partial charge in [-0.1, -0.05) is 23.2 Å². The number of carbonyl (C=O) groups is 1. The summed E-state index contributed by atoms with van der Waals surface area (Å²) in [7, 11) is -2.25. The largest absolute Gasteiger partial charge is 0.291 e. The molecular weight excluding hydrogens is 563 g/mol. The number of rotatable bonds is 6. The fourth-order valence-electron chi connectivity index (χ4n) is 6.00. The van der Waals surface area contributed by atoms with Crippen LogP contribution < -0.4 is 0 Å². The summed E-state index contributed by atoms with van der Waals surface area (Å²) in [5.41, 5.74) is 3.64. The van der Waals surface area contributed by atoms with Gasteiger partial charge in [-0.05, 0) is 104 Å². The van der Waals surface area contributed by atoms with E-state index in [-0.39, 0.29) is 16.5 Å². The smallest absolute Gasteiger partial charge is 0.243 e. The number of aryl methyl sites for hydroxylation is 1. The van der Waals surface area contributed by atoms with Crippen molar-refractivity contribution in [3.8, 4) is 5.69 Å². The molecular formula is C31H28ClFN4O3S. The lowest BCUT2D eigenvalue weighted by atomic mass is 9.60. The predicted octanol–water partition coefficient (Wildman–Crippen LogP) is 6.05. The van der Waals surface area contributed by atoms with Gasteiger partial charge in [-0.15, -0.1) is 0 Å². The van der Waals surface area contributed by atoms with E-state index in [1.807, 2.05) is 19.1 Å². The van der Waals surface area contributed by atoms with Crippen LogP contribution in [-0.2, 0) is 16.4 Å². The van der Waals surface area contributed by atoms with Crippen molar-refractivity contribution in [3.63, 3.8) is 0 Å². The lowest BCUT2D eigenvalue weighted by Gasteiger charge is -2.45. The molecule has 2 atom stereocenters. The number of sulfonamides is 1. The highest BCUT2D eigenvalue weighted by Gasteiger charge is 2.51. The Kier molecular flexibility index (Phi) is 6.92. The van der Waals surface area contributed by atoms with Crippen molar-refractivity contribution in [2.75, 3.05) is 7.05 Å². The third-order valence-corrected chi connectivity index (χ3v) is 10.5. The van der Waals surface area contributed by atoms with Crippen LogP contribution in [0.5, 0.6) is 0 Å². The minimum Gasteiger partial charge on any atom is -0.291 e. The Labute approximate surface area is 243 Å². The van der Waals surface area contributed by atoms with E-state index in [2.05, 4.69) is 10.1 Å². The summed E-state index contributed by atoms with van der Waals surface area (Å²) in [5.74, 6) is -0.467. The Morgan fingerprint density at radius 3 is 2.49 bits per heavy atom. The number of pyridine rings is 1. The van der Waals surface area contributed by atoms with Gasteiger partial charge >= 0.3 is 0 Å². The average molecular weight is 591 g/mol. The Bertz CT molecular complexity index is 1770. The number of Topliss-reactive ketones (excluding diaryl/α,β-unsaturated/α-hetero) is 1. The zero-order valence-electron chi connectivity index (χ0n) is 22.6. The van der Waals surface area contributed by atoms with Crippen molar-refractivity contribution < 1.29 is 17.6 Å². The zero-order chi connectivity index (χ0) is 28.9. The number of hydrogen-bond acceptors (Lipinski definition) is 5. The summed E-state index contributed by atoms with van der Waals surface area (Å²) >= 11 is 5.99. The first-order valence-electron chi connectivity index (χ1n) is 13.3. The van der Waals surface area contributed by atoms with Crippen LogP contribution in [0, 0.1) is 18.2 Å². The van der Waals surface area contributed by atoms with Crippen molar-refractivity contribution in [2.45, 2.75) is 43.5 Å². The quantitative estimate of drug-likeness (QED) is 0.255. The Morgan fingerprint density at radius 2 is 1.80 bits per heavy atom. The third-order valence-electron chi connectivity index (χ3n) is 8.29. The molecule has 1 fully saturated rings. The van der Waals surface area contributed by atoms with Crippen LogP contribution in [0.3, 0.4) is 0 Å². The molecule has 0 amide bonds. The van der Waals surface area contributed by atoms with E-state index in [4.69, 9.17) is 11.6 Å². The minimum absolute atomic E-state index is 0.133. The summed E-state index contributed by atoms with van der Waals surface area (Å²) in [6.45, 7) is 1.91. The molecule has 6 rings (SSSR count). The first-order chi connectivity index (χ1) is 19.6. The first-order valence-corrected chi connectivity index (χ1v) is 15.2. The van der Waals surface area contributed by atoms with E-state index >= 15 is 0 Å². The molecule has 2 aliphatic carbocycles. The molecule has 7 nitrogen and oxygen atoms in total. The van der Waals surface area contributed by atoms with Crippen molar-refractivity contribution >= 4 is 33.5 Å². The van der Waals surface area contributed by atoms with Gasteiger partial charge in [0.2, 0.25) is 10.0 Å².